The minimum atomic E-state index is -0.370. The molecular weight excluding hydrogens is 380 g/mol. The van der Waals surface area contributed by atoms with E-state index in [9.17, 15) is 9.59 Å². The number of aromatic nitrogens is 4. The first-order valence-electron chi connectivity index (χ1n) is 9.84. The summed E-state index contributed by atoms with van der Waals surface area (Å²) in [4.78, 5) is 25.5. The predicted octanol–water partition coefficient (Wildman–Crippen LogP) is 2.84. The molecule has 2 aromatic carbocycles. The molecule has 30 heavy (non-hydrogen) atoms. The molecule has 1 heterocycles. The molecule has 0 spiro atoms. The Morgan fingerprint density at radius 2 is 1.77 bits per heavy atom. The second kappa shape index (κ2) is 9.30. The topological polar surface area (TPSA) is 102 Å². The lowest BCUT2D eigenvalue weighted by atomic mass is 10.0. The number of anilines is 1. The van der Waals surface area contributed by atoms with E-state index in [1.165, 1.54) is 10.4 Å². The van der Waals surface area contributed by atoms with Gasteiger partial charge in [0.1, 0.15) is 6.54 Å². The first-order chi connectivity index (χ1) is 14.3. The highest BCUT2D eigenvalue weighted by Crippen LogP contribution is 2.19. The van der Waals surface area contributed by atoms with E-state index in [1.807, 2.05) is 56.3 Å². The molecule has 3 aromatic rings. The number of nitrogens with zero attached hydrogens (tertiary/aromatic N) is 4. The van der Waals surface area contributed by atoms with Crippen LogP contribution in [0.4, 0.5) is 5.69 Å². The van der Waals surface area contributed by atoms with Crippen molar-refractivity contribution in [3.63, 3.8) is 0 Å². The summed E-state index contributed by atoms with van der Waals surface area (Å²) < 4.78 is 0. The van der Waals surface area contributed by atoms with Crippen molar-refractivity contribution in [2.24, 2.45) is 0 Å². The van der Waals surface area contributed by atoms with Gasteiger partial charge in [0.05, 0.1) is 6.54 Å². The molecule has 2 N–H and O–H groups in total. The largest absolute Gasteiger partial charge is 0.345 e. The van der Waals surface area contributed by atoms with Crippen LogP contribution in [0, 0.1) is 13.8 Å². The maximum Gasteiger partial charge on any atom is 0.244 e. The molecule has 0 saturated heterocycles. The normalized spacial score (nSPS) is 10.8. The fourth-order valence-electron chi connectivity index (χ4n) is 2.89. The first-order valence-corrected chi connectivity index (χ1v) is 9.84. The van der Waals surface area contributed by atoms with Crippen LogP contribution in [0.3, 0.4) is 0 Å². The number of tetrazole rings is 1. The van der Waals surface area contributed by atoms with Crippen molar-refractivity contribution in [1.82, 2.24) is 25.5 Å². The molecule has 0 aliphatic heterocycles. The van der Waals surface area contributed by atoms with Crippen LogP contribution in [0.1, 0.15) is 36.5 Å². The SMILES string of the molecule is Cc1cccc(NC(=O)CNC(=O)Cn2nnc(-c3ccc(C(C)C)cc3)n2)c1C. The first kappa shape index (κ1) is 21.2. The molecule has 0 fully saturated rings. The van der Waals surface area contributed by atoms with Gasteiger partial charge in [-0.3, -0.25) is 9.59 Å². The van der Waals surface area contributed by atoms with Crippen LogP contribution >= 0.6 is 0 Å². The number of carbonyl (C=O) groups excluding carboxylic acids is 2. The average Bonchev–Trinajstić information content (AvgIpc) is 3.18. The van der Waals surface area contributed by atoms with Gasteiger partial charge in [0.25, 0.3) is 0 Å². The van der Waals surface area contributed by atoms with Crippen LogP contribution in [0.2, 0.25) is 0 Å². The number of hydrogen-bond acceptors (Lipinski definition) is 5. The Morgan fingerprint density at radius 3 is 2.47 bits per heavy atom. The summed E-state index contributed by atoms with van der Waals surface area (Å²) in [6, 6.07) is 13.6. The zero-order valence-corrected chi connectivity index (χ0v) is 17.6. The van der Waals surface area contributed by atoms with Crippen LogP contribution in [0.25, 0.3) is 11.4 Å². The summed E-state index contributed by atoms with van der Waals surface area (Å²) in [7, 11) is 0. The molecule has 0 bridgehead atoms. The van der Waals surface area contributed by atoms with Gasteiger partial charge in [-0.15, -0.1) is 10.2 Å². The van der Waals surface area contributed by atoms with E-state index in [1.54, 1.807) is 0 Å². The minimum absolute atomic E-state index is 0.117. The highest BCUT2D eigenvalue weighted by atomic mass is 16.2. The standard InChI is InChI=1S/C22H26N6O2/c1-14(2)17-8-10-18(11-9-17)22-25-27-28(26-22)13-21(30)23-12-20(29)24-19-7-5-6-15(3)16(19)4/h5-11,14H,12-13H2,1-4H3,(H,23,30)(H,24,29). The second-order valence-corrected chi connectivity index (χ2v) is 7.49. The van der Waals surface area contributed by atoms with Gasteiger partial charge in [-0.1, -0.05) is 50.2 Å². The van der Waals surface area contributed by atoms with Crippen molar-refractivity contribution in [2.75, 3.05) is 11.9 Å². The molecule has 8 nitrogen and oxygen atoms in total. The van der Waals surface area contributed by atoms with Crippen molar-refractivity contribution in [3.8, 4) is 11.4 Å². The van der Waals surface area contributed by atoms with E-state index < -0.39 is 0 Å². The zero-order chi connectivity index (χ0) is 21.7. The molecule has 0 aliphatic rings. The lowest BCUT2D eigenvalue weighted by Crippen LogP contribution is -2.35. The quantitative estimate of drug-likeness (QED) is 0.628. The third-order valence-electron chi connectivity index (χ3n) is 4.90. The second-order valence-electron chi connectivity index (χ2n) is 7.49. The Balaban J connectivity index is 1.51. The predicted molar refractivity (Wildman–Crippen MR) is 115 cm³/mol. The van der Waals surface area contributed by atoms with Gasteiger partial charge < -0.3 is 10.6 Å². The van der Waals surface area contributed by atoms with E-state index in [4.69, 9.17) is 0 Å². The molecule has 2 amide bonds. The summed E-state index contributed by atoms with van der Waals surface area (Å²) in [5, 5.41) is 17.5. The molecule has 0 radical (unpaired) electrons. The van der Waals surface area contributed by atoms with Gasteiger partial charge in [-0.2, -0.15) is 4.80 Å². The maximum absolute atomic E-state index is 12.1. The van der Waals surface area contributed by atoms with Crippen LogP contribution in [-0.2, 0) is 16.1 Å². The molecule has 8 heteroatoms. The molecule has 1 aromatic heterocycles. The summed E-state index contributed by atoms with van der Waals surface area (Å²) in [6.07, 6.45) is 0. The third-order valence-corrected chi connectivity index (χ3v) is 4.90. The van der Waals surface area contributed by atoms with Crippen LogP contribution in [0.5, 0.6) is 0 Å². The summed E-state index contributed by atoms with van der Waals surface area (Å²) >= 11 is 0. The molecule has 0 atom stereocenters. The molecule has 0 saturated carbocycles. The summed E-state index contributed by atoms with van der Waals surface area (Å²) in [6.45, 7) is 7.92. The number of aryl methyl sites for hydroxylation is 1. The number of rotatable bonds is 7. The van der Waals surface area contributed by atoms with Crippen molar-refractivity contribution < 1.29 is 9.59 Å². The zero-order valence-electron chi connectivity index (χ0n) is 17.6. The number of carbonyl (C=O) groups is 2. The van der Waals surface area contributed by atoms with E-state index in [2.05, 4.69) is 39.9 Å². The smallest absolute Gasteiger partial charge is 0.244 e. The molecular formula is C22H26N6O2. The number of amides is 2. The van der Waals surface area contributed by atoms with Crippen LogP contribution in [-0.4, -0.2) is 38.6 Å². The Bertz CT molecular complexity index is 1040. The Hall–Kier alpha value is -3.55. The molecule has 3 rings (SSSR count). The monoisotopic (exact) mass is 406 g/mol. The lowest BCUT2D eigenvalue weighted by Gasteiger charge is -2.10. The third kappa shape index (κ3) is 5.28. The van der Waals surface area contributed by atoms with E-state index in [0.29, 0.717) is 11.7 Å². The fourth-order valence-corrected chi connectivity index (χ4v) is 2.89. The molecule has 0 aliphatic carbocycles. The number of hydrogen-bond donors (Lipinski definition) is 2. The van der Waals surface area contributed by atoms with Crippen molar-refractivity contribution in [2.45, 2.75) is 40.2 Å². The Labute approximate surface area is 175 Å². The Morgan fingerprint density at radius 1 is 1.03 bits per heavy atom. The van der Waals surface area contributed by atoms with E-state index in [0.717, 1.165) is 22.4 Å². The fraction of sp³-hybridized carbons (Fsp3) is 0.318. The minimum Gasteiger partial charge on any atom is -0.345 e. The van der Waals surface area contributed by atoms with E-state index in [-0.39, 0.29) is 24.9 Å². The lowest BCUT2D eigenvalue weighted by molar-refractivity contribution is -0.124. The maximum atomic E-state index is 12.1. The highest BCUT2D eigenvalue weighted by molar-refractivity contribution is 5.95. The molecule has 156 valence electrons. The van der Waals surface area contributed by atoms with Gasteiger partial charge in [0.2, 0.25) is 17.6 Å². The van der Waals surface area contributed by atoms with Gasteiger partial charge in [0, 0.05) is 11.3 Å². The van der Waals surface area contributed by atoms with Gasteiger partial charge >= 0.3 is 0 Å². The van der Waals surface area contributed by atoms with Crippen molar-refractivity contribution >= 4 is 17.5 Å². The van der Waals surface area contributed by atoms with Crippen molar-refractivity contribution in [3.05, 3.63) is 59.2 Å². The van der Waals surface area contributed by atoms with Crippen LogP contribution in [0.15, 0.2) is 42.5 Å². The van der Waals surface area contributed by atoms with Gasteiger partial charge in [-0.05, 0) is 47.7 Å². The summed E-state index contributed by atoms with van der Waals surface area (Å²) in [5.41, 5.74) is 4.88. The van der Waals surface area contributed by atoms with Gasteiger partial charge in [0.15, 0.2) is 0 Å². The van der Waals surface area contributed by atoms with Crippen LogP contribution < -0.4 is 10.6 Å². The number of nitrogens with one attached hydrogen (secondary N) is 2. The Kier molecular flexibility index (Phi) is 6.56. The highest BCUT2D eigenvalue weighted by Gasteiger charge is 2.12. The summed E-state index contributed by atoms with van der Waals surface area (Å²) in [5.74, 6) is 0.226. The van der Waals surface area contributed by atoms with Gasteiger partial charge in [-0.25, -0.2) is 0 Å². The van der Waals surface area contributed by atoms with Crippen molar-refractivity contribution in [1.29, 1.82) is 0 Å². The number of benzene rings is 2. The van der Waals surface area contributed by atoms with E-state index >= 15 is 0 Å². The average molecular weight is 406 g/mol. The molecule has 0 unspecified atom stereocenters.